The van der Waals surface area contributed by atoms with Gasteiger partial charge in [-0.15, -0.1) is 0 Å². The Balaban J connectivity index is 1.52. The maximum atomic E-state index is 13.6. The number of carbonyl (C=O) groups is 1. The summed E-state index contributed by atoms with van der Waals surface area (Å²) in [6.07, 6.45) is 1.68. The second-order valence-electron chi connectivity index (χ2n) is 11.3. The maximum absolute atomic E-state index is 13.6. The molecule has 3 heterocycles. The minimum atomic E-state index is -4.49. The maximum Gasteiger partial charge on any atom is 0.416 e. The second-order valence-corrected chi connectivity index (χ2v) is 11.3. The zero-order valence-corrected chi connectivity index (χ0v) is 24.2. The predicted octanol–water partition coefficient (Wildman–Crippen LogP) is 7.92. The summed E-state index contributed by atoms with van der Waals surface area (Å²) >= 11 is 0. The molecule has 10 heteroatoms. The van der Waals surface area contributed by atoms with Gasteiger partial charge < -0.3 is 14.2 Å². The first kappa shape index (κ1) is 29.0. The number of alkyl halides is 3. The molecule has 2 aromatic heterocycles. The lowest BCUT2D eigenvalue weighted by Crippen LogP contribution is -2.39. The van der Waals surface area contributed by atoms with Crippen molar-refractivity contribution in [3.63, 3.8) is 0 Å². The highest BCUT2D eigenvalue weighted by Crippen LogP contribution is 2.39. The zero-order valence-electron chi connectivity index (χ0n) is 24.2. The van der Waals surface area contributed by atoms with Gasteiger partial charge in [0.05, 0.1) is 23.8 Å². The van der Waals surface area contributed by atoms with E-state index < -0.39 is 30.0 Å². The van der Waals surface area contributed by atoms with Gasteiger partial charge in [-0.1, -0.05) is 36.0 Å². The van der Waals surface area contributed by atoms with Gasteiger partial charge in [0.15, 0.2) is 0 Å². The van der Waals surface area contributed by atoms with Crippen molar-refractivity contribution in [3.05, 3.63) is 64.2 Å². The summed E-state index contributed by atoms with van der Waals surface area (Å²) in [6.45, 7) is 10.2. The molecule has 2 aliphatic rings. The number of halogens is 3. The fourth-order valence-electron chi connectivity index (χ4n) is 6.37. The number of nitrogens with zero attached hydrogens (tertiary/aromatic N) is 4. The van der Waals surface area contributed by atoms with E-state index in [2.05, 4.69) is 17.0 Å². The summed E-state index contributed by atoms with van der Waals surface area (Å²) in [5.41, 5.74) is 3.34. The molecule has 1 amide bonds. The molecule has 220 valence electrons. The Hall–Kier alpha value is -3.56. The normalized spacial score (nSPS) is 20.0. The van der Waals surface area contributed by atoms with Crippen molar-refractivity contribution in [2.24, 2.45) is 0 Å². The van der Waals surface area contributed by atoms with Crippen LogP contribution in [-0.4, -0.2) is 39.8 Å². The van der Waals surface area contributed by atoms with Gasteiger partial charge in [0.1, 0.15) is 17.7 Å². The fourth-order valence-corrected chi connectivity index (χ4v) is 6.37. The highest BCUT2D eigenvalue weighted by atomic mass is 19.4. The van der Waals surface area contributed by atoms with Crippen molar-refractivity contribution in [3.8, 4) is 11.1 Å². The molecule has 2 fully saturated rings. The van der Waals surface area contributed by atoms with Gasteiger partial charge in [-0.05, 0) is 71.2 Å². The van der Waals surface area contributed by atoms with E-state index in [0.29, 0.717) is 22.9 Å². The quantitative estimate of drug-likeness (QED) is 0.287. The number of carbonyl (C=O) groups excluding carboxylic acids is 1. The lowest BCUT2D eigenvalue weighted by molar-refractivity contribution is -0.137. The molecule has 0 unspecified atom stereocenters. The van der Waals surface area contributed by atoms with E-state index in [1.54, 1.807) is 17.9 Å². The molecule has 5 rings (SSSR count). The van der Waals surface area contributed by atoms with Crippen molar-refractivity contribution < 1.29 is 27.2 Å². The zero-order chi connectivity index (χ0) is 29.5. The Morgan fingerprint density at radius 3 is 2.44 bits per heavy atom. The minimum absolute atomic E-state index is 0.206. The number of hydrogen-bond acceptors (Lipinski definition) is 6. The number of aromatic nitrogens is 2. The van der Waals surface area contributed by atoms with Gasteiger partial charge in [0.2, 0.25) is 0 Å². The van der Waals surface area contributed by atoms with Crippen molar-refractivity contribution in [1.29, 1.82) is 0 Å². The van der Waals surface area contributed by atoms with E-state index >= 15 is 0 Å². The molecule has 1 saturated carbocycles. The molecular weight excluding hydrogens is 533 g/mol. The van der Waals surface area contributed by atoms with Crippen LogP contribution in [0.1, 0.15) is 85.8 Å². The van der Waals surface area contributed by atoms with Crippen LogP contribution in [0.25, 0.3) is 11.1 Å². The average Bonchev–Trinajstić information content (AvgIpc) is 3.42. The number of hydrogen-bond donors (Lipinski definition) is 0. The molecule has 1 saturated heterocycles. The highest BCUT2D eigenvalue weighted by molar-refractivity contribution is 5.73. The molecule has 0 N–H and O–H groups in total. The molecule has 1 aliphatic heterocycles. The molecule has 3 aromatic rings. The van der Waals surface area contributed by atoms with Crippen molar-refractivity contribution in [2.45, 2.75) is 97.6 Å². The molecular formula is C31H37F3N4O3. The third-order valence-corrected chi connectivity index (χ3v) is 8.38. The first-order valence-electron chi connectivity index (χ1n) is 14.3. The SMILES string of the molecule is CCN(c1ncc(-c2c(C)noc2C)cc1CN1C(=O)O[C@H](c2cc(C)cc(C(F)(F)F)c2)[C@@H]1C)C1CCCCC1. The summed E-state index contributed by atoms with van der Waals surface area (Å²) in [5, 5.41) is 4.09. The van der Waals surface area contributed by atoms with Crippen LogP contribution in [0, 0.1) is 20.8 Å². The topological polar surface area (TPSA) is 71.7 Å². The van der Waals surface area contributed by atoms with Crippen LogP contribution >= 0.6 is 0 Å². The number of rotatable bonds is 7. The minimum Gasteiger partial charge on any atom is -0.439 e. The van der Waals surface area contributed by atoms with Gasteiger partial charge in [-0.3, -0.25) is 4.90 Å². The largest absolute Gasteiger partial charge is 0.439 e. The first-order chi connectivity index (χ1) is 19.5. The van der Waals surface area contributed by atoms with Crippen LogP contribution < -0.4 is 4.90 Å². The number of benzene rings is 1. The molecule has 1 aliphatic carbocycles. The summed E-state index contributed by atoms with van der Waals surface area (Å²) < 4.78 is 51.8. The van der Waals surface area contributed by atoms with E-state index in [4.69, 9.17) is 14.2 Å². The number of amides is 1. The van der Waals surface area contributed by atoms with Gasteiger partial charge >= 0.3 is 12.3 Å². The summed E-state index contributed by atoms with van der Waals surface area (Å²) in [4.78, 5) is 22.1. The standard InChI is InChI=1S/C31H37F3N4O3/c1-6-37(26-10-8-7-9-11-26)29-24(14-23(16-35-29)27-19(3)36-41-21(27)5)17-38-20(4)28(40-30(38)39)22-12-18(2)13-25(15-22)31(32,33)34/h12-16,20,26,28H,6-11,17H2,1-5H3/t20-,28-/m0/s1. The Bertz CT molecular complexity index is 1390. The molecule has 2 atom stereocenters. The van der Waals surface area contributed by atoms with Gasteiger partial charge in [-0.2, -0.15) is 13.2 Å². The van der Waals surface area contributed by atoms with Crippen LogP contribution in [0.5, 0.6) is 0 Å². The van der Waals surface area contributed by atoms with Gasteiger partial charge in [0, 0.05) is 35.5 Å². The number of aryl methyl sites for hydroxylation is 3. The number of anilines is 1. The van der Waals surface area contributed by atoms with E-state index in [-0.39, 0.29) is 6.54 Å². The summed E-state index contributed by atoms with van der Waals surface area (Å²) in [7, 11) is 0. The number of ether oxygens (including phenoxy) is 1. The number of cyclic esters (lactones) is 1. The van der Waals surface area contributed by atoms with Gasteiger partial charge in [-0.25, -0.2) is 9.78 Å². The smallest absolute Gasteiger partial charge is 0.416 e. The Morgan fingerprint density at radius 1 is 1.07 bits per heavy atom. The Kier molecular flexibility index (Phi) is 8.03. The summed E-state index contributed by atoms with van der Waals surface area (Å²) in [5.74, 6) is 1.49. The highest BCUT2D eigenvalue weighted by Gasteiger charge is 2.42. The van der Waals surface area contributed by atoms with Crippen LogP contribution in [-0.2, 0) is 17.5 Å². The third kappa shape index (κ3) is 5.78. The van der Waals surface area contributed by atoms with Gasteiger partial charge in [0.25, 0.3) is 0 Å². The van der Waals surface area contributed by atoms with E-state index in [9.17, 15) is 18.0 Å². The Labute approximate surface area is 238 Å². The van der Waals surface area contributed by atoms with Crippen LogP contribution in [0.3, 0.4) is 0 Å². The first-order valence-corrected chi connectivity index (χ1v) is 14.3. The van der Waals surface area contributed by atoms with Crippen LogP contribution in [0.15, 0.2) is 35.0 Å². The van der Waals surface area contributed by atoms with Crippen LogP contribution in [0.4, 0.5) is 23.8 Å². The lowest BCUT2D eigenvalue weighted by Gasteiger charge is -2.36. The summed E-state index contributed by atoms with van der Waals surface area (Å²) in [6, 6.07) is 5.73. The van der Waals surface area contributed by atoms with E-state index in [1.807, 2.05) is 33.0 Å². The monoisotopic (exact) mass is 570 g/mol. The molecule has 0 bridgehead atoms. The average molecular weight is 571 g/mol. The molecule has 0 spiro atoms. The number of pyridine rings is 1. The van der Waals surface area contributed by atoms with Crippen molar-refractivity contribution in [1.82, 2.24) is 15.0 Å². The lowest BCUT2D eigenvalue weighted by atomic mass is 9.93. The molecule has 7 nitrogen and oxygen atoms in total. The van der Waals surface area contributed by atoms with Crippen molar-refractivity contribution >= 4 is 11.9 Å². The fraction of sp³-hybridized carbons (Fsp3) is 0.516. The Morgan fingerprint density at radius 2 is 1.80 bits per heavy atom. The van der Waals surface area contributed by atoms with Crippen molar-refractivity contribution in [2.75, 3.05) is 11.4 Å². The predicted molar refractivity (Wildman–Crippen MR) is 150 cm³/mol. The van der Waals surface area contributed by atoms with E-state index in [0.717, 1.165) is 59.7 Å². The van der Waals surface area contributed by atoms with Crippen LogP contribution in [0.2, 0.25) is 0 Å². The second kappa shape index (κ2) is 11.4. The third-order valence-electron chi connectivity index (χ3n) is 8.38. The van der Waals surface area contributed by atoms with E-state index in [1.165, 1.54) is 19.3 Å². The molecule has 41 heavy (non-hydrogen) atoms. The molecule has 1 aromatic carbocycles. The molecule has 0 radical (unpaired) electrons.